The Labute approximate surface area is 140 Å². The van der Waals surface area contributed by atoms with Crippen molar-refractivity contribution in [3.63, 3.8) is 0 Å². The minimum atomic E-state index is -3.32. The first-order chi connectivity index (χ1) is 10.5. The molecule has 0 spiro atoms. The van der Waals surface area contributed by atoms with Gasteiger partial charge in [0.1, 0.15) is 0 Å². The number of hydrogen-bond donors (Lipinski definition) is 1. The van der Waals surface area contributed by atoms with Gasteiger partial charge in [-0.15, -0.1) is 0 Å². The summed E-state index contributed by atoms with van der Waals surface area (Å²) >= 11 is 0. The Bertz CT molecular complexity index is 664. The monoisotopic (exact) mass is 336 g/mol. The van der Waals surface area contributed by atoms with Crippen LogP contribution in [0.1, 0.15) is 58.9 Å². The lowest BCUT2D eigenvalue weighted by atomic mass is 9.78. The number of fused-ring (bicyclic) bond motifs is 2. The van der Waals surface area contributed by atoms with Crippen LogP contribution in [0.5, 0.6) is 0 Å². The molecule has 2 bridgehead atoms. The van der Waals surface area contributed by atoms with Gasteiger partial charge in [0.2, 0.25) is 0 Å². The molecule has 0 aliphatic heterocycles. The van der Waals surface area contributed by atoms with Crippen molar-refractivity contribution in [1.29, 1.82) is 0 Å². The van der Waals surface area contributed by atoms with Gasteiger partial charge in [0.05, 0.1) is 15.7 Å². The lowest BCUT2D eigenvalue weighted by Crippen LogP contribution is -2.44. The predicted octanol–water partition coefficient (Wildman–Crippen LogP) is 3.70. The molecule has 0 radical (unpaired) electrons. The Morgan fingerprint density at radius 2 is 1.52 bits per heavy atom. The van der Waals surface area contributed by atoms with Crippen LogP contribution in [0.4, 0.5) is 0 Å². The molecule has 0 heterocycles. The van der Waals surface area contributed by atoms with Gasteiger partial charge in [-0.3, -0.25) is 0 Å². The van der Waals surface area contributed by atoms with E-state index in [-0.39, 0.29) is 22.5 Å². The summed E-state index contributed by atoms with van der Waals surface area (Å²) in [7, 11) is -3.32. The molecule has 2 atom stereocenters. The highest BCUT2D eigenvalue weighted by Gasteiger charge is 2.52. The average Bonchev–Trinajstić information content (AvgIpc) is 2.72. The molecule has 4 heteroatoms. The standard InChI is InChI=1S/C19H28O3S/c1-18(2,3)15-7-9-16(10-8-15)23(21,22)17-13-5-6-14(17)12-19(4,20)11-13/h7-10,13-14,17,20H,5-6,11-12H2,1-4H3. The number of hydrogen-bond acceptors (Lipinski definition) is 3. The van der Waals surface area contributed by atoms with E-state index < -0.39 is 15.4 Å². The van der Waals surface area contributed by atoms with Crippen LogP contribution in [0, 0.1) is 11.8 Å². The summed E-state index contributed by atoms with van der Waals surface area (Å²) in [5.74, 6) is 0.187. The summed E-state index contributed by atoms with van der Waals surface area (Å²) in [6, 6.07) is 7.41. The van der Waals surface area contributed by atoms with E-state index >= 15 is 0 Å². The van der Waals surface area contributed by atoms with Gasteiger partial charge in [-0.05, 0) is 67.6 Å². The molecule has 2 fully saturated rings. The van der Waals surface area contributed by atoms with Crippen molar-refractivity contribution in [3.05, 3.63) is 29.8 Å². The molecular weight excluding hydrogens is 308 g/mol. The smallest absolute Gasteiger partial charge is 0.181 e. The Kier molecular flexibility index (Phi) is 3.92. The van der Waals surface area contributed by atoms with Crippen LogP contribution in [0.15, 0.2) is 29.2 Å². The van der Waals surface area contributed by atoms with Crippen LogP contribution in [0.3, 0.4) is 0 Å². The summed E-state index contributed by atoms with van der Waals surface area (Å²) in [5, 5.41) is 10.0. The quantitative estimate of drug-likeness (QED) is 0.896. The zero-order valence-electron chi connectivity index (χ0n) is 14.5. The van der Waals surface area contributed by atoms with Gasteiger partial charge in [-0.25, -0.2) is 8.42 Å². The minimum absolute atomic E-state index is 0.0187. The number of benzene rings is 1. The molecule has 1 N–H and O–H groups in total. The second-order valence-corrected chi connectivity index (χ2v) is 10.9. The molecule has 3 nitrogen and oxygen atoms in total. The normalized spacial score (nSPS) is 34.6. The molecule has 2 aliphatic carbocycles. The molecule has 2 saturated carbocycles. The van der Waals surface area contributed by atoms with E-state index in [1.54, 1.807) is 12.1 Å². The van der Waals surface area contributed by atoms with Gasteiger partial charge >= 0.3 is 0 Å². The first-order valence-electron chi connectivity index (χ1n) is 8.57. The Hall–Kier alpha value is -0.870. The second-order valence-electron chi connectivity index (χ2n) is 8.79. The van der Waals surface area contributed by atoms with Gasteiger partial charge in [-0.2, -0.15) is 0 Å². The maximum absolute atomic E-state index is 13.1. The van der Waals surface area contributed by atoms with Crippen molar-refractivity contribution in [1.82, 2.24) is 0 Å². The zero-order chi connectivity index (χ0) is 17.0. The van der Waals surface area contributed by atoms with Crippen molar-refractivity contribution in [3.8, 4) is 0 Å². The Balaban J connectivity index is 1.91. The minimum Gasteiger partial charge on any atom is -0.390 e. The van der Waals surface area contributed by atoms with Crippen molar-refractivity contribution in [2.24, 2.45) is 11.8 Å². The predicted molar refractivity (Wildman–Crippen MR) is 92.2 cm³/mol. The van der Waals surface area contributed by atoms with E-state index in [2.05, 4.69) is 20.8 Å². The van der Waals surface area contributed by atoms with E-state index in [0.717, 1.165) is 18.4 Å². The largest absolute Gasteiger partial charge is 0.390 e. The molecule has 128 valence electrons. The third kappa shape index (κ3) is 3.08. The average molecular weight is 336 g/mol. The van der Waals surface area contributed by atoms with Crippen LogP contribution in [-0.4, -0.2) is 24.4 Å². The summed E-state index contributed by atoms with van der Waals surface area (Å²) in [4.78, 5) is 0.439. The second kappa shape index (κ2) is 5.32. The molecule has 2 unspecified atom stereocenters. The molecule has 0 aromatic heterocycles. The lowest BCUT2D eigenvalue weighted by Gasteiger charge is -2.38. The van der Waals surface area contributed by atoms with Crippen LogP contribution in [0.25, 0.3) is 0 Å². The highest BCUT2D eigenvalue weighted by molar-refractivity contribution is 7.92. The van der Waals surface area contributed by atoms with Crippen molar-refractivity contribution >= 4 is 9.84 Å². The van der Waals surface area contributed by atoms with E-state index in [4.69, 9.17) is 0 Å². The van der Waals surface area contributed by atoms with Gasteiger partial charge < -0.3 is 5.11 Å². The molecule has 3 rings (SSSR count). The van der Waals surface area contributed by atoms with Crippen molar-refractivity contribution < 1.29 is 13.5 Å². The maximum Gasteiger partial charge on any atom is 0.181 e. The topological polar surface area (TPSA) is 54.4 Å². The summed E-state index contributed by atoms with van der Waals surface area (Å²) < 4.78 is 26.3. The highest BCUT2D eigenvalue weighted by atomic mass is 32.2. The molecular formula is C19H28O3S. The van der Waals surface area contributed by atoms with E-state index in [1.165, 1.54) is 0 Å². The first kappa shape index (κ1) is 17.0. The maximum atomic E-state index is 13.1. The summed E-state index contributed by atoms with van der Waals surface area (Å²) in [6.07, 6.45) is 3.05. The van der Waals surface area contributed by atoms with Gasteiger partial charge in [0.25, 0.3) is 0 Å². The fraction of sp³-hybridized carbons (Fsp3) is 0.684. The van der Waals surface area contributed by atoms with E-state index in [9.17, 15) is 13.5 Å². The lowest BCUT2D eigenvalue weighted by molar-refractivity contribution is -0.00176. The zero-order valence-corrected chi connectivity index (χ0v) is 15.4. The van der Waals surface area contributed by atoms with Gasteiger partial charge in [-0.1, -0.05) is 32.9 Å². The Morgan fingerprint density at radius 1 is 1.04 bits per heavy atom. The molecule has 1 aromatic rings. The number of sulfone groups is 1. The third-order valence-corrected chi connectivity index (χ3v) is 8.06. The van der Waals surface area contributed by atoms with Crippen LogP contribution >= 0.6 is 0 Å². The third-order valence-electron chi connectivity index (χ3n) is 5.65. The van der Waals surface area contributed by atoms with Crippen LogP contribution in [0.2, 0.25) is 0 Å². The molecule has 23 heavy (non-hydrogen) atoms. The fourth-order valence-electron chi connectivity index (χ4n) is 4.60. The first-order valence-corrected chi connectivity index (χ1v) is 10.1. The molecule has 0 saturated heterocycles. The van der Waals surface area contributed by atoms with Crippen LogP contribution < -0.4 is 0 Å². The van der Waals surface area contributed by atoms with Crippen molar-refractivity contribution in [2.45, 2.75) is 74.5 Å². The van der Waals surface area contributed by atoms with Crippen molar-refractivity contribution in [2.75, 3.05) is 0 Å². The highest BCUT2D eigenvalue weighted by Crippen LogP contribution is 2.50. The summed E-state index contributed by atoms with van der Waals surface area (Å²) in [6.45, 7) is 8.22. The molecule has 0 amide bonds. The molecule has 2 aliphatic rings. The SMILES string of the molecule is CC1(O)CC2CCC(C1)C2S(=O)(=O)c1ccc(C(C)(C)C)cc1. The van der Waals surface area contributed by atoms with Crippen LogP contribution in [-0.2, 0) is 15.3 Å². The summed E-state index contributed by atoms with van der Waals surface area (Å²) in [5.41, 5.74) is 0.463. The van der Waals surface area contributed by atoms with E-state index in [0.29, 0.717) is 17.7 Å². The van der Waals surface area contributed by atoms with Gasteiger partial charge in [0, 0.05) is 0 Å². The molecule has 1 aromatic carbocycles. The fourth-order valence-corrected chi connectivity index (χ4v) is 6.91. The number of rotatable bonds is 2. The van der Waals surface area contributed by atoms with E-state index in [1.807, 2.05) is 19.1 Å². The number of aliphatic hydroxyl groups is 1. The van der Waals surface area contributed by atoms with Gasteiger partial charge in [0.15, 0.2) is 9.84 Å². The Morgan fingerprint density at radius 3 is 1.96 bits per heavy atom.